The van der Waals surface area contributed by atoms with Crippen LogP contribution in [0.4, 0.5) is 4.79 Å². The third-order valence-electron chi connectivity index (χ3n) is 4.89. The second-order valence-corrected chi connectivity index (χ2v) is 7.23. The minimum absolute atomic E-state index is 0.0290. The Morgan fingerprint density at radius 2 is 1.47 bits per heavy atom. The highest BCUT2D eigenvalue weighted by molar-refractivity contribution is 5.87. The summed E-state index contributed by atoms with van der Waals surface area (Å²) in [7, 11) is 0. The number of unbranched alkanes of at least 4 members (excludes halogenated alkanes) is 1. The van der Waals surface area contributed by atoms with Crippen LogP contribution in [0.3, 0.4) is 0 Å². The number of rotatable bonds is 10. The van der Waals surface area contributed by atoms with Crippen molar-refractivity contribution in [3.63, 3.8) is 0 Å². The molecule has 0 spiro atoms. The molecular weight excluding hydrogens is 388 g/mol. The fraction of sp³-hybridized carbons (Fsp3) is 0.522. The van der Waals surface area contributed by atoms with Gasteiger partial charge in [0, 0.05) is 5.57 Å². The van der Waals surface area contributed by atoms with Gasteiger partial charge in [-0.1, -0.05) is 32.8 Å². The molecule has 0 aliphatic heterocycles. The molecule has 0 amide bonds. The quantitative estimate of drug-likeness (QED) is 0.174. The van der Waals surface area contributed by atoms with Crippen LogP contribution < -0.4 is 9.47 Å². The zero-order valence-electron chi connectivity index (χ0n) is 17.5. The molecule has 1 aliphatic carbocycles. The van der Waals surface area contributed by atoms with Gasteiger partial charge in [0.05, 0.1) is 19.1 Å². The standard InChI is InChI=1S/C23H30O7/c1-3-17(2)21(24)27-15-7-8-16-28-23(26)30-20-13-11-19(12-14-20)29-22(25)18-9-5-4-6-10-18/h11-14,18H,2-10,15-16H2,1H3. The van der Waals surface area contributed by atoms with Crippen LogP contribution in [0.25, 0.3) is 0 Å². The summed E-state index contributed by atoms with van der Waals surface area (Å²) in [6, 6.07) is 6.26. The van der Waals surface area contributed by atoms with Crippen molar-refractivity contribution in [1.29, 1.82) is 0 Å². The molecule has 0 N–H and O–H groups in total. The lowest BCUT2D eigenvalue weighted by atomic mass is 9.89. The molecule has 1 aromatic rings. The maximum absolute atomic E-state index is 12.1. The summed E-state index contributed by atoms with van der Waals surface area (Å²) < 4.78 is 20.5. The number of carbonyl (C=O) groups is 3. The predicted octanol–water partition coefficient (Wildman–Crippen LogP) is 4.98. The van der Waals surface area contributed by atoms with Gasteiger partial charge < -0.3 is 18.9 Å². The Kier molecular flexibility index (Phi) is 9.91. The number of esters is 2. The summed E-state index contributed by atoms with van der Waals surface area (Å²) in [6.07, 6.45) is 5.90. The number of ether oxygens (including phenoxy) is 4. The Morgan fingerprint density at radius 3 is 2.07 bits per heavy atom. The van der Waals surface area contributed by atoms with Crippen LogP contribution in [0.15, 0.2) is 36.4 Å². The molecule has 164 valence electrons. The maximum Gasteiger partial charge on any atom is 0.513 e. The summed E-state index contributed by atoms with van der Waals surface area (Å²) in [5, 5.41) is 0. The highest BCUT2D eigenvalue weighted by Gasteiger charge is 2.23. The van der Waals surface area contributed by atoms with E-state index in [1.54, 1.807) is 24.3 Å². The zero-order valence-corrected chi connectivity index (χ0v) is 17.5. The summed E-state index contributed by atoms with van der Waals surface area (Å²) in [5.74, 6) is 0.0906. The monoisotopic (exact) mass is 418 g/mol. The van der Waals surface area contributed by atoms with Gasteiger partial charge in [0.2, 0.25) is 0 Å². The van der Waals surface area contributed by atoms with E-state index in [1.807, 2.05) is 6.92 Å². The van der Waals surface area contributed by atoms with Crippen molar-refractivity contribution in [1.82, 2.24) is 0 Å². The first-order chi connectivity index (χ1) is 14.5. The SMILES string of the molecule is C=C(CC)C(=O)OCCCCOC(=O)Oc1ccc(OC(=O)C2CCCCC2)cc1. The fourth-order valence-electron chi connectivity index (χ4n) is 3.01. The van der Waals surface area contributed by atoms with E-state index in [4.69, 9.17) is 18.9 Å². The Morgan fingerprint density at radius 1 is 0.900 bits per heavy atom. The van der Waals surface area contributed by atoms with Gasteiger partial charge in [-0.15, -0.1) is 0 Å². The maximum atomic E-state index is 12.1. The zero-order chi connectivity index (χ0) is 21.8. The van der Waals surface area contributed by atoms with Crippen molar-refractivity contribution in [2.24, 2.45) is 5.92 Å². The van der Waals surface area contributed by atoms with Gasteiger partial charge in [-0.05, 0) is 56.4 Å². The highest BCUT2D eigenvalue weighted by Crippen LogP contribution is 2.26. The fourth-order valence-corrected chi connectivity index (χ4v) is 3.01. The summed E-state index contributed by atoms with van der Waals surface area (Å²) in [6.45, 7) is 5.84. The average Bonchev–Trinajstić information content (AvgIpc) is 2.77. The van der Waals surface area contributed by atoms with Crippen LogP contribution in [-0.2, 0) is 19.1 Å². The largest absolute Gasteiger partial charge is 0.513 e. The smallest absolute Gasteiger partial charge is 0.462 e. The van der Waals surface area contributed by atoms with E-state index in [1.165, 1.54) is 6.42 Å². The lowest BCUT2D eigenvalue weighted by molar-refractivity contribution is -0.140. The lowest BCUT2D eigenvalue weighted by Crippen LogP contribution is -2.22. The van der Waals surface area contributed by atoms with Crippen molar-refractivity contribution < 1.29 is 33.3 Å². The molecule has 0 unspecified atom stereocenters. The molecule has 2 rings (SSSR count). The number of hydrogen-bond acceptors (Lipinski definition) is 7. The van der Waals surface area contributed by atoms with Gasteiger partial charge in [0.1, 0.15) is 11.5 Å². The Hall–Kier alpha value is -2.83. The average molecular weight is 418 g/mol. The Balaban J connectivity index is 1.61. The summed E-state index contributed by atoms with van der Waals surface area (Å²) >= 11 is 0. The van der Waals surface area contributed by atoms with Gasteiger partial charge in [0.15, 0.2) is 0 Å². The number of hydrogen-bond donors (Lipinski definition) is 0. The first-order valence-corrected chi connectivity index (χ1v) is 10.5. The molecule has 0 aromatic heterocycles. The van der Waals surface area contributed by atoms with Gasteiger partial charge in [0.25, 0.3) is 0 Å². The van der Waals surface area contributed by atoms with Crippen LogP contribution in [0, 0.1) is 5.92 Å². The molecular formula is C23H30O7. The van der Waals surface area contributed by atoms with Crippen molar-refractivity contribution in [2.75, 3.05) is 13.2 Å². The van der Waals surface area contributed by atoms with Crippen molar-refractivity contribution in [3.05, 3.63) is 36.4 Å². The molecule has 30 heavy (non-hydrogen) atoms. The molecule has 0 bridgehead atoms. The number of benzene rings is 1. The number of carbonyl (C=O) groups excluding carboxylic acids is 3. The van der Waals surface area contributed by atoms with Gasteiger partial charge >= 0.3 is 18.1 Å². The van der Waals surface area contributed by atoms with E-state index in [0.29, 0.717) is 36.3 Å². The summed E-state index contributed by atoms with van der Waals surface area (Å²) in [5.41, 5.74) is 0.435. The molecule has 7 heteroatoms. The van der Waals surface area contributed by atoms with Crippen molar-refractivity contribution in [2.45, 2.75) is 58.3 Å². The van der Waals surface area contributed by atoms with Crippen LogP contribution in [0.2, 0.25) is 0 Å². The van der Waals surface area contributed by atoms with Gasteiger partial charge in [-0.2, -0.15) is 0 Å². The molecule has 7 nitrogen and oxygen atoms in total. The molecule has 1 saturated carbocycles. The van der Waals surface area contributed by atoms with Crippen molar-refractivity contribution in [3.8, 4) is 11.5 Å². The lowest BCUT2D eigenvalue weighted by Gasteiger charge is -2.19. The molecule has 0 saturated heterocycles. The van der Waals surface area contributed by atoms with Crippen LogP contribution in [0.1, 0.15) is 58.3 Å². The second-order valence-electron chi connectivity index (χ2n) is 7.23. The van der Waals surface area contributed by atoms with E-state index in [2.05, 4.69) is 6.58 Å². The van der Waals surface area contributed by atoms with E-state index >= 15 is 0 Å². The Bertz CT molecular complexity index is 718. The van der Waals surface area contributed by atoms with Crippen LogP contribution >= 0.6 is 0 Å². The molecule has 0 atom stereocenters. The third-order valence-corrected chi connectivity index (χ3v) is 4.89. The third kappa shape index (κ3) is 8.27. The minimum Gasteiger partial charge on any atom is -0.462 e. The van der Waals surface area contributed by atoms with E-state index in [-0.39, 0.29) is 25.1 Å². The van der Waals surface area contributed by atoms with Crippen LogP contribution in [-0.4, -0.2) is 31.3 Å². The van der Waals surface area contributed by atoms with Crippen LogP contribution in [0.5, 0.6) is 11.5 Å². The molecule has 0 radical (unpaired) electrons. The van der Waals surface area contributed by atoms with E-state index in [9.17, 15) is 14.4 Å². The van der Waals surface area contributed by atoms with Crippen molar-refractivity contribution >= 4 is 18.1 Å². The first kappa shape index (κ1) is 23.4. The molecule has 1 aliphatic rings. The predicted molar refractivity (Wildman–Crippen MR) is 110 cm³/mol. The highest BCUT2D eigenvalue weighted by atomic mass is 16.7. The Labute approximate surface area is 177 Å². The second kappa shape index (κ2) is 12.7. The normalized spacial score (nSPS) is 13.9. The molecule has 0 heterocycles. The minimum atomic E-state index is -0.821. The van der Waals surface area contributed by atoms with E-state index < -0.39 is 12.1 Å². The van der Waals surface area contributed by atoms with Gasteiger partial charge in [-0.25, -0.2) is 9.59 Å². The molecule has 1 aromatic carbocycles. The summed E-state index contributed by atoms with van der Waals surface area (Å²) in [4.78, 5) is 35.3. The topological polar surface area (TPSA) is 88.1 Å². The molecule has 1 fully saturated rings. The van der Waals surface area contributed by atoms with E-state index in [0.717, 1.165) is 25.7 Å². The van der Waals surface area contributed by atoms with Gasteiger partial charge in [-0.3, -0.25) is 4.79 Å². The first-order valence-electron chi connectivity index (χ1n) is 10.5.